The van der Waals surface area contributed by atoms with Crippen LogP contribution in [0.4, 0.5) is 4.39 Å². The molecule has 2 aromatic carbocycles. The summed E-state index contributed by atoms with van der Waals surface area (Å²) in [4.78, 5) is 31.3. The fraction of sp³-hybridized carbons (Fsp3) is 0.484. The summed E-state index contributed by atoms with van der Waals surface area (Å²) in [5.74, 6) is -0.368. The third kappa shape index (κ3) is 8.35. The van der Waals surface area contributed by atoms with Crippen LogP contribution in [0.15, 0.2) is 48.5 Å². The van der Waals surface area contributed by atoms with E-state index in [1.807, 2.05) is 18.4 Å². The lowest BCUT2D eigenvalue weighted by Gasteiger charge is -2.30. The molecule has 0 aromatic heterocycles. The Hall–Kier alpha value is -2.33. The lowest BCUT2D eigenvalue weighted by atomic mass is 9.96. The molecule has 0 aliphatic carbocycles. The summed E-state index contributed by atoms with van der Waals surface area (Å²) >= 11 is 6.23. The smallest absolute Gasteiger partial charge is 0.328 e. The van der Waals surface area contributed by atoms with Gasteiger partial charge >= 0.3 is 5.97 Å². The van der Waals surface area contributed by atoms with E-state index in [2.05, 4.69) is 54.0 Å². The van der Waals surface area contributed by atoms with Crippen molar-refractivity contribution in [3.8, 4) is 11.1 Å². The van der Waals surface area contributed by atoms with Gasteiger partial charge in [-0.1, -0.05) is 30.4 Å². The number of rotatable bonds is 10. The summed E-state index contributed by atoms with van der Waals surface area (Å²) in [5.41, 5.74) is 2.77. The van der Waals surface area contributed by atoms with E-state index in [0.717, 1.165) is 50.0 Å². The molecule has 4 rings (SSSR count). The number of ether oxygens (including phenoxy) is 1. The molecule has 2 heterocycles. The lowest BCUT2D eigenvalue weighted by molar-refractivity contribution is -0.153. The van der Waals surface area contributed by atoms with Gasteiger partial charge in [0.2, 0.25) is 0 Å². The van der Waals surface area contributed by atoms with Gasteiger partial charge in [-0.25, -0.2) is 9.18 Å². The molecule has 0 radical (unpaired) electrons. The van der Waals surface area contributed by atoms with E-state index in [4.69, 9.17) is 4.74 Å². The molecule has 0 saturated carbocycles. The Morgan fingerprint density at radius 2 is 1.90 bits per heavy atom. The van der Waals surface area contributed by atoms with Crippen LogP contribution in [-0.4, -0.2) is 90.9 Å². The van der Waals surface area contributed by atoms with Crippen LogP contribution in [0.2, 0.25) is 0 Å². The second-order valence-electron chi connectivity index (χ2n) is 10.8. The standard InChI is InChI=1S/C31H40FN3O3S2/c1-34-15-12-25(13-16-34)38-31(37)29(14-17-40-3)33-30(36)27-11-5-21(4-10-24-19-26(39)20-35(24)2)18-28(27)22-6-8-23(32)9-7-22/h4-11,18,24-26,29,39H,12-17,19-20H2,1-3H3,(H,33,36)/b10-4+. The van der Waals surface area contributed by atoms with E-state index in [1.165, 1.54) is 12.1 Å². The highest BCUT2D eigenvalue weighted by Crippen LogP contribution is 2.28. The number of halogens is 1. The largest absolute Gasteiger partial charge is 0.461 e. The Labute approximate surface area is 247 Å². The number of amides is 1. The molecule has 2 aliphatic heterocycles. The molecule has 2 aromatic rings. The summed E-state index contributed by atoms with van der Waals surface area (Å²) in [7, 11) is 4.15. The van der Waals surface area contributed by atoms with Gasteiger partial charge in [-0.2, -0.15) is 24.4 Å². The van der Waals surface area contributed by atoms with Crippen molar-refractivity contribution >= 4 is 42.3 Å². The molecule has 9 heteroatoms. The van der Waals surface area contributed by atoms with E-state index in [0.29, 0.717) is 34.6 Å². The Balaban J connectivity index is 1.56. The molecule has 2 aliphatic rings. The van der Waals surface area contributed by atoms with Crippen molar-refractivity contribution in [2.45, 2.75) is 49.1 Å². The van der Waals surface area contributed by atoms with E-state index in [9.17, 15) is 14.0 Å². The van der Waals surface area contributed by atoms with Crippen LogP contribution >= 0.6 is 24.4 Å². The van der Waals surface area contributed by atoms with Crippen molar-refractivity contribution in [1.29, 1.82) is 0 Å². The van der Waals surface area contributed by atoms with E-state index in [-0.39, 0.29) is 23.8 Å². The molecule has 6 nitrogen and oxygen atoms in total. The van der Waals surface area contributed by atoms with E-state index in [1.54, 1.807) is 30.0 Å². The van der Waals surface area contributed by atoms with Gasteiger partial charge in [0.05, 0.1) is 0 Å². The van der Waals surface area contributed by atoms with Gasteiger partial charge in [0.25, 0.3) is 5.91 Å². The number of esters is 1. The number of hydrogen-bond donors (Lipinski definition) is 2. The molecule has 1 N–H and O–H groups in total. The van der Waals surface area contributed by atoms with Crippen molar-refractivity contribution in [3.05, 3.63) is 65.5 Å². The monoisotopic (exact) mass is 585 g/mol. The molecule has 2 fully saturated rings. The Morgan fingerprint density at radius 3 is 2.55 bits per heavy atom. The van der Waals surface area contributed by atoms with Crippen LogP contribution < -0.4 is 5.32 Å². The van der Waals surface area contributed by atoms with Crippen molar-refractivity contribution in [2.24, 2.45) is 0 Å². The predicted molar refractivity (Wildman–Crippen MR) is 166 cm³/mol. The molecule has 2 saturated heterocycles. The minimum atomic E-state index is -0.743. The van der Waals surface area contributed by atoms with Crippen molar-refractivity contribution in [1.82, 2.24) is 15.1 Å². The Bertz CT molecular complexity index is 1180. The van der Waals surface area contributed by atoms with Crippen LogP contribution in [-0.2, 0) is 9.53 Å². The third-order valence-corrected chi connectivity index (χ3v) is 8.70. The van der Waals surface area contributed by atoms with Crippen molar-refractivity contribution in [2.75, 3.05) is 45.7 Å². The van der Waals surface area contributed by atoms with Gasteiger partial charge in [0.1, 0.15) is 18.0 Å². The fourth-order valence-electron chi connectivity index (χ4n) is 5.25. The van der Waals surface area contributed by atoms with Gasteiger partial charge in [-0.05, 0) is 92.7 Å². The number of thiol groups is 1. The molecule has 3 atom stereocenters. The highest BCUT2D eigenvalue weighted by Gasteiger charge is 2.28. The molecule has 0 spiro atoms. The van der Waals surface area contributed by atoms with Gasteiger partial charge in [-0.3, -0.25) is 9.69 Å². The number of piperidine rings is 1. The van der Waals surface area contributed by atoms with Gasteiger partial charge in [0.15, 0.2) is 0 Å². The second-order valence-corrected chi connectivity index (χ2v) is 12.5. The summed E-state index contributed by atoms with van der Waals surface area (Å²) in [5, 5.41) is 3.30. The Kier molecular flexibility index (Phi) is 11.1. The predicted octanol–water partition coefficient (Wildman–Crippen LogP) is 5.00. The summed E-state index contributed by atoms with van der Waals surface area (Å²) in [6, 6.07) is 11.3. The second kappa shape index (κ2) is 14.5. The number of likely N-dealkylation sites (tertiary alicyclic amines) is 2. The first-order valence-corrected chi connectivity index (χ1v) is 15.8. The maximum Gasteiger partial charge on any atom is 0.328 e. The minimum absolute atomic E-state index is 0.130. The number of likely N-dealkylation sites (N-methyl/N-ethyl adjacent to an activating group) is 1. The van der Waals surface area contributed by atoms with Crippen LogP contribution in [0.1, 0.15) is 41.6 Å². The number of carbonyl (C=O) groups excluding carboxylic acids is 2. The minimum Gasteiger partial charge on any atom is -0.461 e. The first-order chi connectivity index (χ1) is 19.2. The molecule has 0 bridgehead atoms. The average Bonchev–Trinajstić information content (AvgIpc) is 3.27. The molecular weight excluding hydrogens is 545 g/mol. The zero-order valence-electron chi connectivity index (χ0n) is 23.5. The number of nitrogens with one attached hydrogen (secondary N) is 1. The third-order valence-electron chi connectivity index (χ3n) is 7.68. The van der Waals surface area contributed by atoms with Crippen LogP contribution in [0.5, 0.6) is 0 Å². The maximum absolute atomic E-state index is 13.7. The SMILES string of the molecule is CSCCC(NC(=O)c1ccc(/C=C/C2CC(S)CN2C)cc1-c1ccc(F)cc1)C(=O)OC1CCN(C)CC1. The highest BCUT2D eigenvalue weighted by atomic mass is 32.2. The molecule has 40 heavy (non-hydrogen) atoms. The molecule has 1 amide bonds. The number of carbonyl (C=O) groups is 2. The van der Waals surface area contributed by atoms with Crippen LogP contribution in [0, 0.1) is 5.82 Å². The first kappa shape index (κ1) is 30.6. The normalized spacial score (nSPS) is 21.5. The summed E-state index contributed by atoms with van der Waals surface area (Å²) in [6.45, 7) is 2.71. The zero-order chi connectivity index (χ0) is 28.6. The number of benzene rings is 2. The molecular formula is C31H40FN3O3S2. The van der Waals surface area contributed by atoms with E-state index < -0.39 is 6.04 Å². The average molecular weight is 586 g/mol. The van der Waals surface area contributed by atoms with Crippen molar-refractivity contribution in [3.63, 3.8) is 0 Å². The van der Waals surface area contributed by atoms with Gasteiger partial charge in [0, 0.05) is 36.5 Å². The number of hydrogen-bond acceptors (Lipinski definition) is 7. The Morgan fingerprint density at radius 1 is 1.18 bits per heavy atom. The lowest BCUT2D eigenvalue weighted by Crippen LogP contribution is -2.45. The van der Waals surface area contributed by atoms with Crippen LogP contribution in [0.3, 0.4) is 0 Å². The molecule has 216 valence electrons. The first-order valence-electron chi connectivity index (χ1n) is 13.9. The fourth-order valence-corrected chi connectivity index (χ4v) is 6.20. The highest BCUT2D eigenvalue weighted by molar-refractivity contribution is 7.98. The maximum atomic E-state index is 13.7. The topological polar surface area (TPSA) is 61.9 Å². The number of nitrogens with zero attached hydrogens (tertiary/aromatic N) is 2. The summed E-state index contributed by atoms with van der Waals surface area (Å²) in [6.07, 6.45) is 9.10. The van der Waals surface area contributed by atoms with Gasteiger partial charge < -0.3 is 15.0 Å². The molecule has 3 unspecified atom stereocenters. The number of thioether (sulfide) groups is 1. The van der Waals surface area contributed by atoms with Crippen LogP contribution in [0.25, 0.3) is 17.2 Å². The summed E-state index contributed by atoms with van der Waals surface area (Å²) < 4.78 is 19.6. The van der Waals surface area contributed by atoms with Crippen molar-refractivity contribution < 1.29 is 18.7 Å². The van der Waals surface area contributed by atoms with E-state index >= 15 is 0 Å². The quantitative estimate of drug-likeness (QED) is 0.303. The zero-order valence-corrected chi connectivity index (χ0v) is 25.2. The van der Waals surface area contributed by atoms with Gasteiger partial charge in [-0.15, -0.1) is 0 Å².